The van der Waals surface area contributed by atoms with Crippen LogP contribution in [0.4, 0.5) is 14.5 Å². The number of nitrogens with zero attached hydrogens (tertiary/aromatic N) is 2. The highest BCUT2D eigenvalue weighted by Gasteiger charge is 2.11. The Bertz CT molecular complexity index is 909. The van der Waals surface area contributed by atoms with Gasteiger partial charge < -0.3 is 10.1 Å². The molecule has 1 N–H and O–H groups in total. The van der Waals surface area contributed by atoms with E-state index in [1.807, 2.05) is 25.1 Å². The van der Waals surface area contributed by atoms with Crippen LogP contribution in [0.2, 0.25) is 0 Å². The number of hydrogen-bond acceptors (Lipinski definition) is 3. The molecule has 0 aliphatic rings. The second-order valence-electron chi connectivity index (χ2n) is 5.78. The summed E-state index contributed by atoms with van der Waals surface area (Å²) in [5.74, 6) is -0.498. The van der Waals surface area contributed by atoms with E-state index in [1.165, 1.54) is 30.5 Å². The number of anilines is 1. The number of amides is 1. The number of alkyl halides is 2. The van der Waals surface area contributed by atoms with E-state index in [4.69, 9.17) is 0 Å². The van der Waals surface area contributed by atoms with Crippen molar-refractivity contribution in [2.45, 2.75) is 20.1 Å². The van der Waals surface area contributed by atoms with E-state index in [2.05, 4.69) is 21.2 Å². The molecule has 5 nitrogen and oxygen atoms in total. The van der Waals surface area contributed by atoms with Crippen molar-refractivity contribution in [3.05, 3.63) is 77.6 Å². The highest BCUT2D eigenvalue weighted by molar-refractivity contribution is 6.04. The van der Waals surface area contributed by atoms with Gasteiger partial charge >= 0.3 is 6.61 Å². The summed E-state index contributed by atoms with van der Waals surface area (Å²) in [6.07, 6.45) is 3.24. The van der Waals surface area contributed by atoms with Gasteiger partial charge in [-0.05, 0) is 30.7 Å². The minimum atomic E-state index is -2.94. The maximum Gasteiger partial charge on any atom is 0.387 e. The summed E-state index contributed by atoms with van der Waals surface area (Å²) in [6, 6.07) is 13.7. The zero-order chi connectivity index (χ0) is 18.5. The van der Waals surface area contributed by atoms with Crippen LogP contribution in [0.1, 0.15) is 21.5 Å². The molecular formula is C19H17F2N3O2. The highest BCUT2D eigenvalue weighted by atomic mass is 19.3. The van der Waals surface area contributed by atoms with E-state index >= 15 is 0 Å². The third kappa shape index (κ3) is 4.66. The Kier molecular flexibility index (Phi) is 5.26. The lowest BCUT2D eigenvalue weighted by Gasteiger charge is -2.07. The molecule has 3 aromatic rings. The molecular weight excluding hydrogens is 340 g/mol. The molecule has 0 saturated carbocycles. The summed E-state index contributed by atoms with van der Waals surface area (Å²) in [7, 11) is 0. The minimum Gasteiger partial charge on any atom is -0.435 e. The van der Waals surface area contributed by atoms with Crippen LogP contribution >= 0.6 is 0 Å². The molecule has 1 amide bonds. The number of aromatic nitrogens is 2. The van der Waals surface area contributed by atoms with E-state index in [-0.39, 0.29) is 11.3 Å². The summed E-state index contributed by atoms with van der Waals surface area (Å²) < 4.78 is 30.6. The average Bonchev–Trinajstić information content (AvgIpc) is 3.01. The fourth-order valence-corrected chi connectivity index (χ4v) is 2.53. The lowest BCUT2D eigenvalue weighted by atomic mass is 10.1. The van der Waals surface area contributed by atoms with Crippen molar-refractivity contribution in [2.75, 3.05) is 5.32 Å². The molecule has 0 unspecified atom stereocenters. The fraction of sp³-hybridized carbons (Fsp3) is 0.158. The van der Waals surface area contributed by atoms with E-state index < -0.39 is 12.5 Å². The molecule has 134 valence electrons. The number of benzene rings is 2. The number of carbonyl (C=O) groups excluding carboxylic acids is 1. The molecule has 0 saturated heterocycles. The van der Waals surface area contributed by atoms with E-state index in [9.17, 15) is 13.6 Å². The van der Waals surface area contributed by atoms with Crippen LogP contribution in [0.25, 0.3) is 0 Å². The summed E-state index contributed by atoms with van der Waals surface area (Å²) in [5, 5.41) is 6.91. The van der Waals surface area contributed by atoms with Gasteiger partial charge in [-0.15, -0.1) is 0 Å². The van der Waals surface area contributed by atoms with Gasteiger partial charge in [0.05, 0.1) is 18.4 Å². The van der Waals surface area contributed by atoms with E-state index in [0.717, 1.165) is 11.1 Å². The molecule has 0 fully saturated rings. The van der Waals surface area contributed by atoms with Crippen LogP contribution in [0.15, 0.2) is 60.9 Å². The number of nitrogens with one attached hydrogen (secondary N) is 1. The Morgan fingerprint density at radius 2 is 2.04 bits per heavy atom. The Morgan fingerprint density at radius 3 is 2.81 bits per heavy atom. The number of aryl methyl sites for hydroxylation is 1. The molecule has 1 heterocycles. The Morgan fingerprint density at radius 1 is 1.23 bits per heavy atom. The number of rotatable bonds is 6. The van der Waals surface area contributed by atoms with Gasteiger partial charge in [0, 0.05) is 11.8 Å². The monoisotopic (exact) mass is 357 g/mol. The Labute approximate surface area is 149 Å². The molecule has 0 radical (unpaired) electrons. The summed E-state index contributed by atoms with van der Waals surface area (Å²) in [6.45, 7) is -0.340. The first-order chi connectivity index (χ1) is 12.5. The van der Waals surface area contributed by atoms with Crippen LogP contribution in [0, 0.1) is 6.92 Å². The third-order valence-electron chi connectivity index (χ3n) is 3.64. The molecule has 0 aliphatic heterocycles. The van der Waals surface area contributed by atoms with Crippen molar-refractivity contribution in [1.29, 1.82) is 0 Å². The van der Waals surface area contributed by atoms with Crippen molar-refractivity contribution in [3.63, 3.8) is 0 Å². The molecule has 0 bridgehead atoms. The number of halogens is 2. The van der Waals surface area contributed by atoms with Crippen molar-refractivity contribution >= 4 is 11.6 Å². The van der Waals surface area contributed by atoms with Crippen LogP contribution < -0.4 is 10.1 Å². The first-order valence-electron chi connectivity index (χ1n) is 7.94. The quantitative estimate of drug-likeness (QED) is 0.723. The van der Waals surface area contributed by atoms with Crippen molar-refractivity contribution in [2.24, 2.45) is 0 Å². The standard InChI is InChI=1S/C19H17F2N3O2/c1-13-4-2-5-14(8-13)11-24-12-16(10-22-24)23-18(25)15-6-3-7-17(9-15)26-19(20)21/h2-10,12,19H,11H2,1H3,(H,23,25). The lowest BCUT2D eigenvalue weighted by Crippen LogP contribution is -2.12. The van der Waals surface area contributed by atoms with Gasteiger partial charge in [0.1, 0.15) is 5.75 Å². The molecule has 3 rings (SSSR count). The molecule has 26 heavy (non-hydrogen) atoms. The van der Waals surface area contributed by atoms with Crippen LogP contribution in [-0.4, -0.2) is 22.3 Å². The maximum absolute atomic E-state index is 12.3. The van der Waals surface area contributed by atoms with Crippen molar-refractivity contribution < 1.29 is 18.3 Å². The molecule has 1 aromatic heterocycles. The molecule has 0 aliphatic carbocycles. The zero-order valence-corrected chi connectivity index (χ0v) is 14.0. The van der Waals surface area contributed by atoms with Crippen LogP contribution in [0.5, 0.6) is 5.75 Å². The first kappa shape index (κ1) is 17.6. The third-order valence-corrected chi connectivity index (χ3v) is 3.64. The topological polar surface area (TPSA) is 56.2 Å². The van der Waals surface area contributed by atoms with Crippen LogP contribution in [0.3, 0.4) is 0 Å². The summed E-state index contributed by atoms with van der Waals surface area (Å²) in [5.41, 5.74) is 2.99. The number of carbonyl (C=O) groups is 1. The summed E-state index contributed by atoms with van der Waals surface area (Å²) >= 11 is 0. The second kappa shape index (κ2) is 7.77. The fourth-order valence-electron chi connectivity index (χ4n) is 2.53. The highest BCUT2D eigenvalue weighted by Crippen LogP contribution is 2.17. The van der Waals surface area contributed by atoms with Gasteiger partial charge in [-0.1, -0.05) is 35.9 Å². The van der Waals surface area contributed by atoms with Gasteiger partial charge in [-0.2, -0.15) is 13.9 Å². The molecule has 0 atom stereocenters. The Hall–Kier alpha value is -3.22. The van der Waals surface area contributed by atoms with E-state index in [1.54, 1.807) is 10.9 Å². The Balaban J connectivity index is 1.66. The second-order valence-corrected chi connectivity index (χ2v) is 5.78. The predicted octanol–water partition coefficient (Wildman–Crippen LogP) is 4.09. The van der Waals surface area contributed by atoms with Gasteiger partial charge in [0.25, 0.3) is 5.91 Å². The zero-order valence-electron chi connectivity index (χ0n) is 14.0. The first-order valence-corrected chi connectivity index (χ1v) is 7.94. The van der Waals surface area contributed by atoms with Gasteiger partial charge in [0.2, 0.25) is 0 Å². The number of ether oxygens (including phenoxy) is 1. The largest absolute Gasteiger partial charge is 0.435 e. The minimum absolute atomic E-state index is 0.0669. The number of hydrogen-bond donors (Lipinski definition) is 1. The SMILES string of the molecule is Cc1cccc(Cn2cc(NC(=O)c3cccc(OC(F)F)c3)cn2)c1. The van der Waals surface area contributed by atoms with Crippen LogP contribution in [-0.2, 0) is 6.54 Å². The van der Waals surface area contributed by atoms with Crippen molar-refractivity contribution in [3.8, 4) is 5.75 Å². The molecule has 2 aromatic carbocycles. The smallest absolute Gasteiger partial charge is 0.387 e. The van der Waals surface area contributed by atoms with E-state index in [0.29, 0.717) is 12.2 Å². The van der Waals surface area contributed by atoms with Crippen molar-refractivity contribution in [1.82, 2.24) is 9.78 Å². The normalized spacial score (nSPS) is 10.8. The van der Waals surface area contributed by atoms with Gasteiger partial charge in [0.15, 0.2) is 0 Å². The maximum atomic E-state index is 12.3. The van der Waals surface area contributed by atoms with Gasteiger partial charge in [-0.3, -0.25) is 9.48 Å². The predicted molar refractivity (Wildman–Crippen MR) is 93.5 cm³/mol. The molecule has 7 heteroatoms. The molecule has 0 spiro atoms. The summed E-state index contributed by atoms with van der Waals surface area (Å²) in [4.78, 5) is 12.3. The van der Waals surface area contributed by atoms with Gasteiger partial charge in [-0.25, -0.2) is 0 Å². The average molecular weight is 357 g/mol. The lowest BCUT2D eigenvalue weighted by molar-refractivity contribution is -0.0498.